The van der Waals surface area contributed by atoms with E-state index in [9.17, 15) is 13.2 Å². The van der Waals surface area contributed by atoms with E-state index in [1.165, 1.54) is 12.1 Å². The Bertz CT molecular complexity index is 865. The summed E-state index contributed by atoms with van der Waals surface area (Å²) in [5, 5.41) is 4.18. The van der Waals surface area contributed by atoms with E-state index in [1.54, 1.807) is 0 Å². The molecule has 0 saturated heterocycles. The molecule has 4 rings (SSSR count). The van der Waals surface area contributed by atoms with Crippen molar-refractivity contribution in [3.63, 3.8) is 0 Å². The molecule has 1 heterocycles. The molecule has 0 saturated carbocycles. The van der Waals surface area contributed by atoms with Gasteiger partial charge in [-0.1, -0.05) is 18.2 Å². The summed E-state index contributed by atoms with van der Waals surface area (Å²) in [5.74, 6) is 0. The van der Waals surface area contributed by atoms with Crippen molar-refractivity contribution in [2.75, 3.05) is 5.32 Å². The highest BCUT2D eigenvalue weighted by atomic mass is 19.4. The van der Waals surface area contributed by atoms with Crippen molar-refractivity contribution < 1.29 is 13.2 Å². The number of benzene rings is 2. The molecule has 0 aliphatic heterocycles. The van der Waals surface area contributed by atoms with Crippen molar-refractivity contribution >= 4 is 16.6 Å². The van der Waals surface area contributed by atoms with Crippen molar-refractivity contribution in [1.29, 1.82) is 0 Å². The minimum absolute atomic E-state index is 0.0953. The number of nitrogens with one attached hydrogen (secondary N) is 2. The number of alkyl halides is 3. The van der Waals surface area contributed by atoms with E-state index in [2.05, 4.69) is 10.3 Å². The number of aromatic amines is 1. The molecule has 0 bridgehead atoms. The molecule has 124 valence electrons. The van der Waals surface area contributed by atoms with Crippen LogP contribution in [0.2, 0.25) is 0 Å². The zero-order valence-electron chi connectivity index (χ0n) is 13.0. The van der Waals surface area contributed by atoms with Gasteiger partial charge in [0.2, 0.25) is 0 Å². The first kappa shape index (κ1) is 15.1. The number of rotatable bonds is 2. The van der Waals surface area contributed by atoms with E-state index in [0.29, 0.717) is 5.39 Å². The van der Waals surface area contributed by atoms with Crippen molar-refractivity contribution in [2.45, 2.75) is 31.5 Å². The zero-order valence-corrected chi connectivity index (χ0v) is 13.0. The molecule has 0 radical (unpaired) electrons. The third-order valence-corrected chi connectivity index (χ3v) is 4.65. The number of aromatic nitrogens is 1. The van der Waals surface area contributed by atoms with E-state index in [0.717, 1.165) is 47.8 Å². The van der Waals surface area contributed by atoms with Crippen molar-refractivity contribution in [1.82, 2.24) is 4.98 Å². The van der Waals surface area contributed by atoms with Crippen molar-refractivity contribution in [3.8, 4) is 0 Å². The van der Waals surface area contributed by atoms with Gasteiger partial charge in [0.25, 0.3) is 0 Å². The molecule has 0 fully saturated rings. The first-order valence-electron chi connectivity index (χ1n) is 8.05. The number of para-hydroxylation sites is 1. The van der Waals surface area contributed by atoms with Gasteiger partial charge in [0.1, 0.15) is 0 Å². The van der Waals surface area contributed by atoms with Gasteiger partial charge in [0.15, 0.2) is 0 Å². The van der Waals surface area contributed by atoms with Crippen LogP contribution in [0.5, 0.6) is 0 Å². The van der Waals surface area contributed by atoms with Crippen LogP contribution in [-0.2, 0) is 12.6 Å². The topological polar surface area (TPSA) is 27.8 Å². The molecule has 1 unspecified atom stereocenters. The third kappa shape index (κ3) is 2.64. The van der Waals surface area contributed by atoms with Gasteiger partial charge in [-0.25, -0.2) is 0 Å². The average molecular weight is 330 g/mol. The summed E-state index contributed by atoms with van der Waals surface area (Å²) in [7, 11) is 0. The van der Waals surface area contributed by atoms with Crippen LogP contribution in [0, 0.1) is 0 Å². The Balaban J connectivity index is 1.75. The molecule has 2 nitrogen and oxygen atoms in total. The second-order valence-corrected chi connectivity index (χ2v) is 6.23. The Morgan fingerprint density at radius 2 is 1.83 bits per heavy atom. The highest BCUT2D eigenvalue weighted by molar-refractivity contribution is 5.86. The Morgan fingerprint density at radius 3 is 2.58 bits per heavy atom. The normalized spacial score (nSPS) is 17.7. The maximum absolute atomic E-state index is 13.0. The summed E-state index contributed by atoms with van der Waals surface area (Å²) in [6, 6.07) is 13.9. The summed E-state index contributed by atoms with van der Waals surface area (Å²) < 4.78 is 39.0. The molecule has 3 aromatic rings. The zero-order chi connectivity index (χ0) is 16.7. The Kier molecular flexibility index (Phi) is 3.52. The van der Waals surface area contributed by atoms with Gasteiger partial charge in [-0.15, -0.1) is 0 Å². The Labute approximate surface area is 137 Å². The lowest BCUT2D eigenvalue weighted by atomic mass is 9.91. The van der Waals surface area contributed by atoms with Crippen LogP contribution >= 0.6 is 0 Å². The van der Waals surface area contributed by atoms with Crippen LogP contribution in [0.15, 0.2) is 48.5 Å². The third-order valence-electron chi connectivity index (χ3n) is 4.65. The summed E-state index contributed by atoms with van der Waals surface area (Å²) >= 11 is 0. The fourth-order valence-corrected chi connectivity index (χ4v) is 3.52. The number of fused-ring (bicyclic) bond motifs is 3. The summed E-state index contributed by atoms with van der Waals surface area (Å²) in [6.07, 6.45) is -1.58. The summed E-state index contributed by atoms with van der Waals surface area (Å²) in [5.41, 5.74) is 3.23. The molecule has 2 N–H and O–H groups in total. The molecule has 1 aromatic heterocycles. The predicted octanol–water partition coefficient (Wildman–Crippen LogP) is 5.68. The maximum Gasteiger partial charge on any atom is 0.416 e. The van der Waals surface area contributed by atoms with E-state index < -0.39 is 11.7 Å². The van der Waals surface area contributed by atoms with Crippen LogP contribution in [0.25, 0.3) is 10.9 Å². The van der Waals surface area contributed by atoms with Gasteiger partial charge in [-0.3, -0.25) is 0 Å². The van der Waals surface area contributed by atoms with Crippen LogP contribution in [-0.4, -0.2) is 4.98 Å². The fourth-order valence-electron chi connectivity index (χ4n) is 3.52. The predicted molar refractivity (Wildman–Crippen MR) is 89.0 cm³/mol. The first-order chi connectivity index (χ1) is 11.5. The molecule has 0 amide bonds. The number of H-pyrrole nitrogens is 1. The SMILES string of the molecule is FC(F)(F)c1ccc2[nH]c3c(c2c1)CCCC3Nc1ccccc1. The lowest BCUT2D eigenvalue weighted by Crippen LogP contribution is -2.17. The van der Waals surface area contributed by atoms with Gasteiger partial charge in [-0.2, -0.15) is 13.2 Å². The van der Waals surface area contributed by atoms with Gasteiger partial charge < -0.3 is 10.3 Å². The Hall–Kier alpha value is -2.43. The van der Waals surface area contributed by atoms with Crippen molar-refractivity contribution in [2.24, 2.45) is 0 Å². The highest BCUT2D eigenvalue weighted by Crippen LogP contribution is 2.39. The van der Waals surface area contributed by atoms with Gasteiger partial charge in [0, 0.05) is 22.3 Å². The minimum atomic E-state index is -4.31. The van der Waals surface area contributed by atoms with Crippen LogP contribution in [0.1, 0.15) is 35.7 Å². The smallest absolute Gasteiger partial charge is 0.377 e. The lowest BCUT2D eigenvalue weighted by Gasteiger charge is -2.24. The fraction of sp³-hybridized carbons (Fsp3) is 0.263. The number of aryl methyl sites for hydroxylation is 1. The van der Waals surface area contributed by atoms with E-state index in [4.69, 9.17) is 0 Å². The number of hydrogen-bond acceptors (Lipinski definition) is 1. The minimum Gasteiger partial charge on any atom is -0.377 e. The highest BCUT2D eigenvalue weighted by Gasteiger charge is 2.32. The van der Waals surface area contributed by atoms with Crippen LogP contribution < -0.4 is 5.32 Å². The molecule has 1 atom stereocenters. The molecule has 1 aliphatic carbocycles. The van der Waals surface area contributed by atoms with Gasteiger partial charge in [0.05, 0.1) is 11.6 Å². The second kappa shape index (κ2) is 5.58. The standard InChI is InChI=1S/C19H17F3N2/c20-19(21,22)12-9-10-16-15(11-12)14-7-4-8-17(18(14)24-16)23-13-5-2-1-3-6-13/h1-3,5-6,9-11,17,23-24H,4,7-8H2. The second-order valence-electron chi connectivity index (χ2n) is 6.23. The molecule has 1 aliphatic rings. The van der Waals surface area contributed by atoms with E-state index in [-0.39, 0.29) is 6.04 Å². The van der Waals surface area contributed by atoms with E-state index >= 15 is 0 Å². The molecular formula is C19H17F3N2. The average Bonchev–Trinajstić information content (AvgIpc) is 2.94. The molecule has 5 heteroatoms. The number of anilines is 1. The monoisotopic (exact) mass is 330 g/mol. The van der Waals surface area contributed by atoms with Crippen LogP contribution in [0.4, 0.5) is 18.9 Å². The maximum atomic E-state index is 13.0. The molecular weight excluding hydrogens is 313 g/mol. The largest absolute Gasteiger partial charge is 0.416 e. The summed E-state index contributed by atoms with van der Waals surface area (Å²) in [6.45, 7) is 0. The number of hydrogen-bond donors (Lipinski definition) is 2. The van der Waals surface area contributed by atoms with E-state index in [1.807, 2.05) is 30.3 Å². The van der Waals surface area contributed by atoms with Gasteiger partial charge in [-0.05, 0) is 55.2 Å². The first-order valence-corrected chi connectivity index (χ1v) is 8.05. The molecule has 2 aromatic carbocycles. The van der Waals surface area contributed by atoms with Gasteiger partial charge >= 0.3 is 6.18 Å². The molecule has 0 spiro atoms. The number of halogens is 3. The lowest BCUT2D eigenvalue weighted by molar-refractivity contribution is -0.137. The van der Waals surface area contributed by atoms with Crippen LogP contribution in [0.3, 0.4) is 0 Å². The quantitative estimate of drug-likeness (QED) is 0.622. The Morgan fingerprint density at radius 1 is 1.04 bits per heavy atom. The molecule has 24 heavy (non-hydrogen) atoms. The van der Waals surface area contributed by atoms with Crippen molar-refractivity contribution in [3.05, 3.63) is 65.4 Å². The summed E-state index contributed by atoms with van der Waals surface area (Å²) in [4.78, 5) is 3.34.